The van der Waals surface area contributed by atoms with Crippen LogP contribution < -0.4 is 16.4 Å². The van der Waals surface area contributed by atoms with Crippen molar-refractivity contribution in [3.05, 3.63) is 101 Å². The molecule has 1 saturated carbocycles. The summed E-state index contributed by atoms with van der Waals surface area (Å²) in [6, 6.07) is 22.2. The van der Waals surface area contributed by atoms with Gasteiger partial charge in [-0.25, -0.2) is 0 Å². The Kier molecular flexibility index (Phi) is 6.91. The first-order valence-corrected chi connectivity index (χ1v) is 11.1. The highest BCUT2D eigenvalue weighted by Crippen LogP contribution is 2.28. The number of nitrogens with one attached hydrogen (secondary N) is 2. The lowest BCUT2D eigenvalue weighted by Crippen LogP contribution is -2.26. The van der Waals surface area contributed by atoms with Crippen molar-refractivity contribution in [1.29, 1.82) is 0 Å². The molecule has 0 spiro atoms. The normalized spacial score (nSPS) is 13.7. The summed E-state index contributed by atoms with van der Waals surface area (Å²) in [4.78, 5) is 25.1. The van der Waals surface area contributed by atoms with Crippen molar-refractivity contribution in [2.45, 2.75) is 18.9 Å². The second-order valence-electron chi connectivity index (χ2n) is 7.86. The minimum Gasteiger partial charge on any atom is -0.397 e. The largest absolute Gasteiger partial charge is 0.397 e. The summed E-state index contributed by atoms with van der Waals surface area (Å²) >= 11 is 6.37. The van der Waals surface area contributed by atoms with Crippen LogP contribution in [-0.4, -0.2) is 17.9 Å². The van der Waals surface area contributed by atoms with Gasteiger partial charge in [0, 0.05) is 28.3 Å². The van der Waals surface area contributed by atoms with Gasteiger partial charge in [0.25, 0.3) is 5.91 Å². The summed E-state index contributed by atoms with van der Waals surface area (Å²) in [5, 5.41) is 6.32. The maximum Gasteiger partial charge on any atom is 0.252 e. The standard InChI is InChI=1S/C27H24ClN3O2/c28-23-6-2-1-5-21(23)22(27(33)30-20-14-15-20)17-19-11-9-18(10-12-19)13-16-26(32)31-25-8-4-3-7-24(25)29/h1-13,16-17,20H,14-15,29H2,(H,30,33)(H,31,32)/b16-13+,22-17+. The number of carbonyl (C=O) groups is 2. The molecule has 0 atom stereocenters. The smallest absolute Gasteiger partial charge is 0.252 e. The molecule has 2 amide bonds. The number of carbonyl (C=O) groups excluding carboxylic acids is 2. The molecule has 0 bridgehead atoms. The average Bonchev–Trinajstić information content (AvgIpc) is 3.63. The maximum absolute atomic E-state index is 12.9. The molecule has 4 N–H and O–H groups in total. The molecule has 1 aliphatic carbocycles. The van der Waals surface area contributed by atoms with Crippen LogP contribution in [0.1, 0.15) is 29.5 Å². The van der Waals surface area contributed by atoms with Gasteiger partial charge in [0.05, 0.1) is 11.4 Å². The van der Waals surface area contributed by atoms with Crippen molar-refractivity contribution in [3.8, 4) is 0 Å². The van der Waals surface area contributed by atoms with E-state index in [1.807, 2.05) is 60.7 Å². The van der Waals surface area contributed by atoms with Crippen LogP contribution in [0.25, 0.3) is 17.7 Å². The van der Waals surface area contributed by atoms with E-state index in [9.17, 15) is 9.59 Å². The number of rotatable bonds is 7. The highest BCUT2D eigenvalue weighted by molar-refractivity contribution is 6.36. The molecule has 0 radical (unpaired) electrons. The second kappa shape index (κ2) is 10.2. The zero-order valence-electron chi connectivity index (χ0n) is 17.9. The van der Waals surface area contributed by atoms with Crippen molar-refractivity contribution >= 4 is 52.5 Å². The molecular formula is C27H24ClN3O2. The number of hydrogen-bond acceptors (Lipinski definition) is 3. The van der Waals surface area contributed by atoms with Gasteiger partial charge < -0.3 is 16.4 Å². The number of nitrogen functional groups attached to an aromatic ring is 1. The zero-order chi connectivity index (χ0) is 23.2. The Labute approximate surface area is 198 Å². The fourth-order valence-electron chi connectivity index (χ4n) is 3.26. The number of halogens is 1. The maximum atomic E-state index is 12.9. The Morgan fingerprint density at radius 1 is 0.909 bits per heavy atom. The Morgan fingerprint density at radius 3 is 2.27 bits per heavy atom. The molecule has 3 aromatic carbocycles. The van der Waals surface area contributed by atoms with Crippen molar-refractivity contribution in [1.82, 2.24) is 5.32 Å². The predicted octanol–water partition coefficient (Wildman–Crippen LogP) is 5.39. The predicted molar refractivity (Wildman–Crippen MR) is 135 cm³/mol. The molecule has 6 heteroatoms. The van der Waals surface area contributed by atoms with Crippen molar-refractivity contribution in [2.75, 3.05) is 11.1 Å². The number of benzene rings is 3. The van der Waals surface area contributed by atoms with Crippen LogP contribution in [0.5, 0.6) is 0 Å². The fourth-order valence-corrected chi connectivity index (χ4v) is 3.50. The van der Waals surface area contributed by atoms with Crippen molar-refractivity contribution in [3.63, 3.8) is 0 Å². The molecule has 0 aromatic heterocycles. The van der Waals surface area contributed by atoms with Crippen LogP contribution in [0.3, 0.4) is 0 Å². The summed E-state index contributed by atoms with van der Waals surface area (Å²) in [6.45, 7) is 0. The van der Waals surface area contributed by atoms with Crippen LogP contribution in [0.15, 0.2) is 78.9 Å². The van der Waals surface area contributed by atoms with Crippen LogP contribution in [0.2, 0.25) is 5.02 Å². The number of para-hydroxylation sites is 2. The molecule has 33 heavy (non-hydrogen) atoms. The zero-order valence-corrected chi connectivity index (χ0v) is 18.7. The highest BCUT2D eigenvalue weighted by Gasteiger charge is 2.25. The summed E-state index contributed by atoms with van der Waals surface area (Å²) < 4.78 is 0. The van der Waals surface area contributed by atoms with E-state index in [2.05, 4.69) is 10.6 Å². The molecule has 0 heterocycles. The molecular weight excluding hydrogens is 434 g/mol. The summed E-state index contributed by atoms with van der Waals surface area (Å²) in [6.07, 6.45) is 7.02. The molecule has 166 valence electrons. The van der Waals surface area contributed by atoms with Gasteiger partial charge in [-0.15, -0.1) is 0 Å². The SMILES string of the molecule is Nc1ccccc1NC(=O)/C=C/c1ccc(/C=C(/C(=O)NC2CC2)c2ccccc2Cl)cc1. The lowest BCUT2D eigenvalue weighted by Gasteiger charge is -2.11. The first kappa shape index (κ1) is 22.4. The Hall–Kier alpha value is -3.83. The van der Waals surface area contributed by atoms with Crippen molar-refractivity contribution < 1.29 is 9.59 Å². The Morgan fingerprint density at radius 2 is 1.58 bits per heavy atom. The molecule has 1 aliphatic rings. The molecule has 1 fully saturated rings. The van der Waals surface area contributed by atoms with Gasteiger partial charge in [-0.1, -0.05) is 66.2 Å². The van der Waals surface area contributed by atoms with E-state index >= 15 is 0 Å². The van der Waals surface area contributed by atoms with Crippen LogP contribution in [-0.2, 0) is 9.59 Å². The first-order valence-electron chi connectivity index (χ1n) is 10.7. The van der Waals surface area contributed by atoms with E-state index in [0.717, 1.165) is 24.0 Å². The molecule has 3 aromatic rings. The Bertz CT molecular complexity index is 1230. The van der Waals surface area contributed by atoms with Gasteiger partial charge in [-0.3, -0.25) is 9.59 Å². The van der Waals surface area contributed by atoms with E-state index in [-0.39, 0.29) is 17.9 Å². The molecule has 4 rings (SSSR count). The minimum absolute atomic E-state index is 0.133. The van der Waals surface area contributed by atoms with Crippen LogP contribution in [0.4, 0.5) is 11.4 Å². The Balaban J connectivity index is 1.50. The number of amides is 2. The molecule has 0 aliphatic heterocycles. The van der Waals surface area contributed by atoms with Crippen molar-refractivity contribution in [2.24, 2.45) is 0 Å². The number of nitrogens with two attached hydrogens (primary N) is 1. The second-order valence-corrected chi connectivity index (χ2v) is 8.27. The van der Waals surface area contributed by atoms with Gasteiger partial charge >= 0.3 is 0 Å². The third-order valence-corrected chi connectivity index (χ3v) is 5.54. The van der Waals surface area contributed by atoms with E-state index in [0.29, 0.717) is 27.5 Å². The average molecular weight is 458 g/mol. The molecule has 5 nitrogen and oxygen atoms in total. The summed E-state index contributed by atoms with van der Waals surface area (Å²) in [5.74, 6) is -0.402. The monoisotopic (exact) mass is 457 g/mol. The minimum atomic E-state index is -0.269. The van der Waals surface area contributed by atoms with E-state index in [4.69, 9.17) is 17.3 Å². The molecule has 0 unspecified atom stereocenters. The molecule has 0 saturated heterocycles. The fraction of sp³-hybridized carbons (Fsp3) is 0.111. The van der Waals surface area contributed by atoms with E-state index < -0.39 is 0 Å². The lowest BCUT2D eigenvalue weighted by atomic mass is 10.0. The van der Waals surface area contributed by atoms with Gasteiger partial charge in [-0.2, -0.15) is 0 Å². The van der Waals surface area contributed by atoms with Gasteiger partial charge in [-0.05, 0) is 54.3 Å². The third-order valence-electron chi connectivity index (χ3n) is 5.21. The van der Waals surface area contributed by atoms with Gasteiger partial charge in [0.1, 0.15) is 0 Å². The first-order chi connectivity index (χ1) is 16.0. The topological polar surface area (TPSA) is 84.2 Å². The number of anilines is 2. The quantitative estimate of drug-likeness (QED) is 0.252. The van der Waals surface area contributed by atoms with Gasteiger partial charge in [0.15, 0.2) is 0 Å². The number of hydrogen-bond donors (Lipinski definition) is 3. The lowest BCUT2D eigenvalue weighted by molar-refractivity contribution is -0.115. The summed E-state index contributed by atoms with van der Waals surface area (Å²) in [7, 11) is 0. The highest BCUT2D eigenvalue weighted by atomic mass is 35.5. The van der Waals surface area contributed by atoms with Crippen LogP contribution in [0, 0.1) is 0 Å². The third kappa shape index (κ3) is 6.11. The van der Waals surface area contributed by atoms with E-state index in [1.54, 1.807) is 24.3 Å². The van der Waals surface area contributed by atoms with E-state index in [1.165, 1.54) is 6.08 Å². The van der Waals surface area contributed by atoms with Crippen LogP contribution >= 0.6 is 11.6 Å². The van der Waals surface area contributed by atoms with Gasteiger partial charge in [0.2, 0.25) is 5.91 Å². The summed E-state index contributed by atoms with van der Waals surface area (Å²) in [5.41, 5.74) is 9.86.